The molecule has 3 rings (SSSR count). The number of nitrogens with zero attached hydrogens (tertiary/aromatic N) is 3. The van der Waals surface area contributed by atoms with Gasteiger partial charge in [-0.25, -0.2) is 4.98 Å². The summed E-state index contributed by atoms with van der Waals surface area (Å²) < 4.78 is 0. The smallest absolute Gasteiger partial charge is 0.222 e. The van der Waals surface area contributed by atoms with Crippen molar-refractivity contribution in [1.29, 1.82) is 0 Å². The molecule has 18 heavy (non-hydrogen) atoms. The number of anilines is 2. The quantitative estimate of drug-likeness (QED) is 0.898. The molecule has 94 valence electrons. The molecule has 0 radical (unpaired) electrons. The SMILES string of the molecule is CC(C1CC1)N(C)c1nc(N)nc2ccccc12. The molecule has 0 spiro atoms. The summed E-state index contributed by atoms with van der Waals surface area (Å²) >= 11 is 0. The van der Waals surface area contributed by atoms with Gasteiger partial charge in [-0.15, -0.1) is 0 Å². The fraction of sp³-hybridized carbons (Fsp3) is 0.429. The van der Waals surface area contributed by atoms with E-state index in [0.29, 0.717) is 12.0 Å². The molecule has 1 fully saturated rings. The maximum atomic E-state index is 5.81. The van der Waals surface area contributed by atoms with Crippen LogP contribution in [0.25, 0.3) is 10.9 Å². The number of hydrogen-bond acceptors (Lipinski definition) is 4. The van der Waals surface area contributed by atoms with Crippen LogP contribution < -0.4 is 10.6 Å². The molecule has 2 aromatic rings. The maximum Gasteiger partial charge on any atom is 0.222 e. The second kappa shape index (κ2) is 4.12. The van der Waals surface area contributed by atoms with Crippen LogP contribution in [0.2, 0.25) is 0 Å². The second-order valence-corrected chi connectivity index (χ2v) is 5.11. The summed E-state index contributed by atoms with van der Waals surface area (Å²) in [6, 6.07) is 8.53. The van der Waals surface area contributed by atoms with Gasteiger partial charge in [0.1, 0.15) is 5.82 Å². The molecule has 0 saturated heterocycles. The van der Waals surface area contributed by atoms with Gasteiger partial charge in [0.2, 0.25) is 5.95 Å². The molecular formula is C14H18N4. The lowest BCUT2D eigenvalue weighted by molar-refractivity contribution is 0.605. The molecule has 1 aromatic heterocycles. The van der Waals surface area contributed by atoms with Crippen LogP contribution in [0, 0.1) is 5.92 Å². The first kappa shape index (κ1) is 11.3. The highest BCUT2D eigenvalue weighted by atomic mass is 15.2. The molecule has 1 aromatic carbocycles. The fourth-order valence-corrected chi connectivity index (χ4v) is 2.43. The summed E-state index contributed by atoms with van der Waals surface area (Å²) in [6.45, 7) is 2.25. The van der Waals surface area contributed by atoms with Crippen molar-refractivity contribution in [3.63, 3.8) is 0 Å². The number of benzene rings is 1. The first-order valence-electron chi connectivity index (χ1n) is 6.42. The summed E-state index contributed by atoms with van der Waals surface area (Å²) in [4.78, 5) is 10.9. The first-order chi connectivity index (χ1) is 8.66. The molecular weight excluding hydrogens is 224 g/mol. The van der Waals surface area contributed by atoms with E-state index in [1.807, 2.05) is 18.2 Å². The molecule has 1 aliphatic carbocycles. The van der Waals surface area contributed by atoms with E-state index >= 15 is 0 Å². The van der Waals surface area contributed by atoms with E-state index in [-0.39, 0.29) is 0 Å². The average molecular weight is 242 g/mol. The van der Waals surface area contributed by atoms with Gasteiger partial charge in [0.25, 0.3) is 0 Å². The van der Waals surface area contributed by atoms with Crippen molar-refractivity contribution < 1.29 is 0 Å². The molecule has 1 atom stereocenters. The van der Waals surface area contributed by atoms with Gasteiger partial charge in [-0.1, -0.05) is 12.1 Å². The van der Waals surface area contributed by atoms with Gasteiger partial charge in [0.05, 0.1) is 5.52 Å². The third kappa shape index (κ3) is 1.88. The predicted molar refractivity (Wildman–Crippen MR) is 74.5 cm³/mol. The third-order valence-corrected chi connectivity index (χ3v) is 3.85. The Bertz CT molecular complexity index is 577. The van der Waals surface area contributed by atoms with Gasteiger partial charge in [-0.05, 0) is 37.8 Å². The van der Waals surface area contributed by atoms with Crippen LogP contribution in [0.3, 0.4) is 0 Å². The predicted octanol–water partition coefficient (Wildman–Crippen LogP) is 2.45. The van der Waals surface area contributed by atoms with Crippen LogP contribution >= 0.6 is 0 Å². The lowest BCUT2D eigenvalue weighted by Gasteiger charge is -2.27. The second-order valence-electron chi connectivity index (χ2n) is 5.11. The van der Waals surface area contributed by atoms with E-state index < -0.39 is 0 Å². The van der Waals surface area contributed by atoms with E-state index in [1.165, 1.54) is 12.8 Å². The van der Waals surface area contributed by atoms with Crippen molar-refractivity contribution in [2.24, 2.45) is 5.92 Å². The maximum absolute atomic E-state index is 5.81. The lowest BCUT2D eigenvalue weighted by Crippen LogP contribution is -2.31. The van der Waals surface area contributed by atoms with Gasteiger partial charge in [-0.2, -0.15) is 4.98 Å². The molecule has 2 N–H and O–H groups in total. The average Bonchev–Trinajstić information content (AvgIpc) is 3.20. The number of nitrogens with two attached hydrogens (primary N) is 1. The highest BCUT2D eigenvalue weighted by molar-refractivity contribution is 5.90. The third-order valence-electron chi connectivity index (χ3n) is 3.85. The summed E-state index contributed by atoms with van der Waals surface area (Å²) in [5.41, 5.74) is 6.72. The Morgan fingerprint density at radius 1 is 1.28 bits per heavy atom. The Morgan fingerprint density at radius 2 is 2.00 bits per heavy atom. The van der Waals surface area contributed by atoms with Crippen LogP contribution in [0.4, 0.5) is 11.8 Å². The molecule has 4 heteroatoms. The van der Waals surface area contributed by atoms with Gasteiger partial charge < -0.3 is 10.6 Å². The standard InChI is InChI=1S/C14H18N4/c1-9(10-7-8-10)18(2)13-11-5-3-4-6-12(11)16-14(15)17-13/h3-6,9-10H,7-8H2,1-2H3,(H2,15,16,17). The highest BCUT2D eigenvalue weighted by Gasteiger charge is 2.31. The summed E-state index contributed by atoms with van der Waals surface area (Å²) in [7, 11) is 2.09. The Morgan fingerprint density at radius 3 is 2.72 bits per heavy atom. The van der Waals surface area contributed by atoms with Gasteiger partial charge in [0.15, 0.2) is 0 Å². The minimum Gasteiger partial charge on any atom is -0.368 e. The van der Waals surface area contributed by atoms with E-state index in [0.717, 1.165) is 22.6 Å². The molecule has 0 amide bonds. The topological polar surface area (TPSA) is 55.0 Å². The van der Waals surface area contributed by atoms with Crippen LogP contribution in [0.1, 0.15) is 19.8 Å². The van der Waals surface area contributed by atoms with Crippen LogP contribution in [0.15, 0.2) is 24.3 Å². The van der Waals surface area contributed by atoms with E-state index in [2.05, 4.69) is 34.9 Å². The number of para-hydroxylation sites is 1. The monoisotopic (exact) mass is 242 g/mol. The normalized spacial score (nSPS) is 16.8. The molecule has 4 nitrogen and oxygen atoms in total. The highest BCUT2D eigenvalue weighted by Crippen LogP contribution is 2.37. The Balaban J connectivity index is 2.09. The van der Waals surface area contributed by atoms with E-state index in [4.69, 9.17) is 5.73 Å². The summed E-state index contributed by atoms with van der Waals surface area (Å²) in [5.74, 6) is 2.08. The minimum atomic E-state index is 0.346. The summed E-state index contributed by atoms with van der Waals surface area (Å²) in [5, 5.41) is 1.07. The zero-order chi connectivity index (χ0) is 12.7. The molecule has 1 unspecified atom stereocenters. The van der Waals surface area contributed by atoms with E-state index in [1.54, 1.807) is 0 Å². The van der Waals surface area contributed by atoms with Gasteiger partial charge in [-0.3, -0.25) is 0 Å². The Hall–Kier alpha value is -1.84. The Kier molecular flexibility index (Phi) is 2.58. The van der Waals surface area contributed by atoms with Crippen molar-refractivity contribution in [2.75, 3.05) is 17.7 Å². The molecule has 1 heterocycles. The number of nitrogen functional groups attached to an aromatic ring is 1. The van der Waals surface area contributed by atoms with Crippen molar-refractivity contribution in [1.82, 2.24) is 9.97 Å². The van der Waals surface area contributed by atoms with Crippen LogP contribution in [-0.4, -0.2) is 23.1 Å². The first-order valence-corrected chi connectivity index (χ1v) is 6.42. The lowest BCUT2D eigenvalue weighted by atomic mass is 10.1. The molecule has 0 aliphatic heterocycles. The number of hydrogen-bond donors (Lipinski definition) is 1. The Labute approximate surface area is 107 Å². The van der Waals surface area contributed by atoms with Crippen molar-refractivity contribution in [2.45, 2.75) is 25.8 Å². The zero-order valence-corrected chi connectivity index (χ0v) is 10.8. The fourth-order valence-electron chi connectivity index (χ4n) is 2.43. The van der Waals surface area contributed by atoms with Crippen molar-refractivity contribution in [3.8, 4) is 0 Å². The molecule has 1 aliphatic rings. The summed E-state index contributed by atoms with van der Waals surface area (Å²) in [6.07, 6.45) is 2.65. The van der Waals surface area contributed by atoms with Crippen molar-refractivity contribution >= 4 is 22.7 Å². The number of rotatable bonds is 3. The number of aromatic nitrogens is 2. The van der Waals surface area contributed by atoms with Gasteiger partial charge >= 0.3 is 0 Å². The van der Waals surface area contributed by atoms with Crippen LogP contribution in [0.5, 0.6) is 0 Å². The van der Waals surface area contributed by atoms with Gasteiger partial charge in [0, 0.05) is 18.5 Å². The molecule has 0 bridgehead atoms. The minimum absolute atomic E-state index is 0.346. The van der Waals surface area contributed by atoms with Crippen molar-refractivity contribution in [3.05, 3.63) is 24.3 Å². The van der Waals surface area contributed by atoms with E-state index in [9.17, 15) is 0 Å². The zero-order valence-electron chi connectivity index (χ0n) is 10.8. The van der Waals surface area contributed by atoms with Crippen LogP contribution in [-0.2, 0) is 0 Å². The molecule has 1 saturated carbocycles. The largest absolute Gasteiger partial charge is 0.368 e. The number of fused-ring (bicyclic) bond motifs is 1.